The molecular weight excluding hydrogens is 272 g/mol. The highest BCUT2D eigenvalue weighted by Crippen LogP contribution is 2.10. The monoisotopic (exact) mass is 298 g/mol. The van der Waals surface area contributed by atoms with Crippen LogP contribution in [0.3, 0.4) is 0 Å². The molecule has 1 unspecified atom stereocenters. The van der Waals surface area contributed by atoms with E-state index < -0.39 is 10.0 Å². The molecule has 4 nitrogen and oxygen atoms in total. The van der Waals surface area contributed by atoms with Crippen molar-refractivity contribution in [1.82, 2.24) is 10.0 Å². The predicted octanol–water partition coefficient (Wildman–Crippen LogP) is 2.40. The van der Waals surface area contributed by atoms with Gasteiger partial charge >= 0.3 is 0 Å². The third-order valence-electron chi connectivity index (χ3n) is 3.03. The summed E-state index contributed by atoms with van der Waals surface area (Å²) in [6, 6.07) is 7.72. The Morgan fingerprint density at radius 1 is 1.20 bits per heavy atom. The number of hydrogen-bond donors (Lipinski definition) is 2. The Labute approximate surface area is 123 Å². The fourth-order valence-corrected chi connectivity index (χ4v) is 3.59. The molecule has 0 spiro atoms. The Morgan fingerprint density at radius 2 is 1.90 bits per heavy atom. The standard InChI is InChI=1S/C15H26N2O2S/c1-4-7-13(3)17-20(18,19)12-15-9-6-8-14(10-15)11-16-5-2/h6,8-10,13,16-17H,4-5,7,11-12H2,1-3H3. The Kier molecular flexibility index (Phi) is 7.19. The van der Waals surface area contributed by atoms with Crippen molar-refractivity contribution >= 4 is 10.0 Å². The van der Waals surface area contributed by atoms with E-state index >= 15 is 0 Å². The molecule has 0 saturated heterocycles. The van der Waals surface area contributed by atoms with Crippen LogP contribution in [0.4, 0.5) is 0 Å². The zero-order valence-corrected chi connectivity index (χ0v) is 13.5. The maximum absolute atomic E-state index is 12.1. The molecule has 1 aromatic carbocycles. The summed E-state index contributed by atoms with van der Waals surface area (Å²) in [7, 11) is -3.26. The second-order valence-corrected chi connectivity index (χ2v) is 6.92. The van der Waals surface area contributed by atoms with Crippen molar-refractivity contribution in [3.63, 3.8) is 0 Å². The van der Waals surface area contributed by atoms with Crippen molar-refractivity contribution in [3.05, 3.63) is 35.4 Å². The molecule has 0 bridgehead atoms. The Bertz CT molecular complexity index is 500. The van der Waals surface area contributed by atoms with E-state index in [4.69, 9.17) is 0 Å². The zero-order chi connectivity index (χ0) is 15.0. The topological polar surface area (TPSA) is 58.2 Å². The number of sulfonamides is 1. The van der Waals surface area contributed by atoms with Gasteiger partial charge in [0.1, 0.15) is 0 Å². The quantitative estimate of drug-likeness (QED) is 0.736. The van der Waals surface area contributed by atoms with Crippen LogP contribution in [0.15, 0.2) is 24.3 Å². The SMILES string of the molecule is CCCC(C)NS(=O)(=O)Cc1cccc(CNCC)c1. The van der Waals surface area contributed by atoms with Crippen molar-refractivity contribution in [2.75, 3.05) is 6.54 Å². The minimum Gasteiger partial charge on any atom is -0.313 e. The van der Waals surface area contributed by atoms with Gasteiger partial charge < -0.3 is 5.32 Å². The summed E-state index contributed by atoms with van der Waals surface area (Å²) in [5, 5.41) is 3.24. The van der Waals surface area contributed by atoms with Gasteiger partial charge in [0.15, 0.2) is 0 Å². The van der Waals surface area contributed by atoms with E-state index in [2.05, 4.69) is 17.0 Å². The van der Waals surface area contributed by atoms with Gasteiger partial charge in [-0.25, -0.2) is 13.1 Å². The Morgan fingerprint density at radius 3 is 2.55 bits per heavy atom. The van der Waals surface area contributed by atoms with E-state index in [0.717, 1.165) is 37.1 Å². The van der Waals surface area contributed by atoms with Crippen LogP contribution >= 0.6 is 0 Å². The van der Waals surface area contributed by atoms with Crippen molar-refractivity contribution < 1.29 is 8.42 Å². The molecule has 0 aliphatic carbocycles. The maximum atomic E-state index is 12.1. The molecule has 0 aromatic heterocycles. The largest absolute Gasteiger partial charge is 0.313 e. The molecule has 1 atom stereocenters. The molecule has 0 fully saturated rings. The van der Waals surface area contributed by atoms with Gasteiger partial charge in [-0.1, -0.05) is 44.5 Å². The average molecular weight is 298 g/mol. The molecule has 0 amide bonds. The molecular formula is C15H26N2O2S. The fourth-order valence-electron chi connectivity index (χ4n) is 2.16. The molecule has 20 heavy (non-hydrogen) atoms. The van der Waals surface area contributed by atoms with Gasteiger partial charge in [-0.3, -0.25) is 0 Å². The Balaban J connectivity index is 2.67. The highest BCUT2D eigenvalue weighted by Gasteiger charge is 2.14. The van der Waals surface area contributed by atoms with Crippen molar-refractivity contribution in [2.24, 2.45) is 0 Å². The summed E-state index contributed by atoms with van der Waals surface area (Å²) in [4.78, 5) is 0. The van der Waals surface area contributed by atoms with Gasteiger partial charge in [-0.05, 0) is 31.0 Å². The summed E-state index contributed by atoms with van der Waals surface area (Å²) in [6.45, 7) is 7.67. The van der Waals surface area contributed by atoms with Crippen LogP contribution in [0, 0.1) is 0 Å². The third kappa shape index (κ3) is 6.50. The van der Waals surface area contributed by atoms with Crippen LogP contribution in [-0.2, 0) is 22.3 Å². The molecule has 0 aliphatic rings. The zero-order valence-electron chi connectivity index (χ0n) is 12.6. The smallest absolute Gasteiger partial charge is 0.216 e. The molecule has 0 radical (unpaired) electrons. The number of rotatable bonds is 9. The molecule has 0 saturated carbocycles. The van der Waals surface area contributed by atoms with E-state index in [9.17, 15) is 8.42 Å². The lowest BCUT2D eigenvalue weighted by Gasteiger charge is -2.13. The second-order valence-electron chi connectivity index (χ2n) is 5.17. The van der Waals surface area contributed by atoms with Crippen molar-refractivity contribution in [3.8, 4) is 0 Å². The second kappa shape index (κ2) is 8.39. The van der Waals surface area contributed by atoms with Crippen LogP contribution in [-0.4, -0.2) is 21.0 Å². The maximum Gasteiger partial charge on any atom is 0.216 e. The van der Waals surface area contributed by atoms with Crippen LogP contribution in [0.5, 0.6) is 0 Å². The van der Waals surface area contributed by atoms with E-state index in [1.165, 1.54) is 0 Å². The highest BCUT2D eigenvalue weighted by molar-refractivity contribution is 7.88. The van der Waals surface area contributed by atoms with Gasteiger partial charge in [-0.15, -0.1) is 0 Å². The number of hydrogen-bond acceptors (Lipinski definition) is 3. The van der Waals surface area contributed by atoms with Crippen molar-refractivity contribution in [2.45, 2.75) is 52.0 Å². The number of benzene rings is 1. The minimum absolute atomic E-state index is 0.00468. The predicted molar refractivity (Wildman–Crippen MR) is 84.0 cm³/mol. The molecule has 114 valence electrons. The summed E-state index contributed by atoms with van der Waals surface area (Å²) >= 11 is 0. The lowest BCUT2D eigenvalue weighted by atomic mass is 10.1. The molecule has 1 aromatic rings. The first-order valence-electron chi connectivity index (χ1n) is 7.25. The van der Waals surface area contributed by atoms with Crippen LogP contribution in [0.1, 0.15) is 44.7 Å². The summed E-state index contributed by atoms with van der Waals surface area (Å²) < 4.78 is 26.9. The lowest BCUT2D eigenvalue weighted by molar-refractivity contribution is 0.543. The summed E-state index contributed by atoms with van der Waals surface area (Å²) in [6.07, 6.45) is 1.83. The van der Waals surface area contributed by atoms with Gasteiger partial charge in [0.25, 0.3) is 0 Å². The summed E-state index contributed by atoms with van der Waals surface area (Å²) in [5.41, 5.74) is 1.94. The lowest BCUT2D eigenvalue weighted by Crippen LogP contribution is -2.33. The van der Waals surface area contributed by atoms with Crippen molar-refractivity contribution in [1.29, 1.82) is 0 Å². The van der Waals surface area contributed by atoms with Crippen LogP contribution in [0.25, 0.3) is 0 Å². The molecule has 1 rings (SSSR count). The minimum atomic E-state index is -3.26. The van der Waals surface area contributed by atoms with Gasteiger partial charge in [-0.2, -0.15) is 0 Å². The summed E-state index contributed by atoms with van der Waals surface area (Å²) in [5.74, 6) is 0.0427. The van der Waals surface area contributed by atoms with Gasteiger partial charge in [0.2, 0.25) is 10.0 Å². The van der Waals surface area contributed by atoms with E-state index in [0.29, 0.717) is 0 Å². The fraction of sp³-hybridized carbons (Fsp3) is 0.600. The Hall–Kier alpha value is -0.910. The van der Waals surface area contributed by atoms with Crippen LogP contribution in [0.2, 0.25) is 0 Å². The normalized spacial score (nSPS) is 13.3. The first-order chi connectivity index (χ1) is 9.46. The molecule has 0 aliphatic heterocycles. The third-order valence-corrected chi connectivity index (χ3v) is 4.50. The average Bonchev–Trinajstić information content (AvgIpc) is 2.35. The molecule has 0 heterocycles. The molecule has 2 N–H and O–H groups in total. The van der Waals surface area contributed by atoms with Gasteiger partial charge in [0.05, 0.1) is 5.75 Å². The number of nitrogens with one attached hydrogen (secondary N) is 2. The van der Waals surface area contributed by atoms with E-state index in [1.807, 2.05) is 38.1 Å². The highest BCUT2D eigenvalue weighted by atomic mass is 32.2. The first-order valence-corrected chi connectivity index (χ1v) is 8.90. The van der Waals surface area contributed by atoms with E-state index in [-0.39, 0.29) is 11.8 Å². The first kappa shape index (κ1) is 17.1. The molecule has 5 heteroatoms. The van der Waals surface area contributed by atoms with E-state index in [1.54, 1.807) is 0 Å². The van der Waals surface area contributed by atoms with Gasteiger partial charge in [0, 0.05) is 12.6 Å². The van der Waals surface area contributed by atoms with Crippen LogP contribution < -0.4 is 10.0 Å².